The number of nitrogens with zero attached hydrogens (tertiary/aromatic N) is 2. The Kier molecular flexibility index (Phi) is 11.9. The molecule has 0 radical (unpaired) electrons. The van der Waals surface area contributed by atoms with Crippen molar-refractivity contribution < 1.29 is 18.0 Å². The molecule has 0 aliphatic rings. The average molecular weight is 687 g/mol. The average Bonchev–Trinajstić information content (AvgIpc) is 3.01. The van der Waals surface area contributed by atoms with Crippen molar-refractivity contribution in [3.63, 3.8) is 0 Å². The normalized spacial score (nSPS) is 11.9. The molecule has 0 aliphatic heterocycles. The van der Waals surface area contributed by atoms with E-state index in [4.69, 9.17) is 34.8 Å². The van der Waals surface area contributed by atoms with E-state index in [1.165, 1.54) is 29.2 Å². The van der Waals surface area contributed by atoms with Gasteiger partial charge in [-0.25, -0.2) is 8.42 Å². The van der Waals surface area contributed by atoms with Crippen molar-refractivity contribution in [2.24, 2.45) is 0 Å². The molecular weight excluding hydrogens is 653 g/mol. The van der Waals surface area contributed by atoms with Gasteiger partial charge in [-0.1, -0.05) is 90.3 Å². The van der Waals surface area contributed by atoms with Crippen LogP contribution in [0.3, 0.4) is 0 Å². The molecule has 4 aromatic rings. The minimum Gasteiger partial charge on any atom is -0.354 e. The zero-order valence-corrected chi connectivity index (χ0v) is 28.0. The minimum atomic E-state index is -4.24. The summed E-state index contributed by atoms with van der Waals surface area (Å²) in [5.74, 6) is -0.950. The van der Waals surface area contributed by atoms with Gasteiger partial charge in [0.1, 0.15) is 12.6 Å². The van der Waals surface area contributed by atoms with Gasteiger partial charge in [-0.3, -0.25) is 13.9 Å². The molecule has 0 aromatic heterocycles. The molecule has 0 heterocycles. The van der Waals surface area contributed by atoms with Gasteiger partial charge in [0.15, 0.2) is 0 Å². The van der Waals surface area contributed by atoms with E-state index in [-0.39, 0.29) is 23.8 Å². The van der Waals surface area contributed by atoms with Crippen molar-refractivity contribution in [1.82, 2.24) is 10.2 Å². The fraction of sp³-hybridized carbons (Fsp3) is 0.235. The lowest BCUT2D eigenvalue weighted by molar-refractivity contribution is -0.140. The summed E-state index contributed by atoms with van der Waals surface area (Å²) in [5, 5.41) is 4.03. The molecule has 236 valence electrons. The maximum absolute atomic E-state index is 14.5. The number of anilines is 1. The molecule has 11 heteroatoms. The van der Waals surface area contributed by atoms with Crippen LogP contribution in [0, 0.1) is 6.92 Å². The summed E-state index contributed by atoms with van der Waals surface area (Å²) in [4.78, 5) is 29.6. The lowest BCUT2D eigenvalue weighted by atomic mass is 10.0. The molecule has 7 nitrogen and oxygen atoms in total. The number of halogens is 3. The lowest BCUT2D eigenvalue weighted by Crippen LogP contribution is -2.53. The molecule has 2 amide bonds. The van der Waals surface area contributed by atoms with Gasteiger partial charge >= 0.3 is 0 Å². The summed E-state index contributed by atoms with van der Waals surface area (Å²) in [5.41, 5.74) is 2.50. The van der Waals surface area contributed by atoms with Gasteiger partial charge in [0.05, 0.1) is 10.6 Å². The molecule has 0 saturated heterocycles. The fourth-order valence-electron chi connectivity index (χ4n) is 4.80. The number of amides is 2. The maximum Gasteiger partial charge on any atom is 0.264 e. The summed E-state index contributed by atoms with van der Waals surface area (Å²) in [7, 11) is -4.24. The van der Waals surface area contributed by atoms with E-state index in [9.17, 15) is 18.0 Å². The molecule has 4 aromatic carbocycles. The minimum absolute atomic E-state index is 0.0324. The number of aryl methyl sites for hydroxylation is 1. The van der Waals surface area contributed by atoms with Crippen LogP contribution in [0.25, 0.3) is 0 Å². The topological polar surface area (TPSA) is 86.8 Å². The second-order valence-corrected chi connectivity index (χ2v) is 13.7. The molecule has 45 heavy (non-hydrogen) atoms. The Morgan fingerprint density at radius 3 is 2.18 bits per heavy atom. The number of rotatable bonds is 13. The van der Waals surface area contributed by atoms with Crippen LogP contribution in [0.4, 0.5) is 5.69 Å². The lowest BCUT2D eigenvalue weighted by Gasteiger charge is -2.34. The van der Waals surface area contributed by atoms with E-state index in [1.54, 1.807) is 36.4 Å². The predicted molar refractivity (Wildman–Crippen MR) is 181 cm³/mol. The Hall–Kier alpha value is -3.56. The molecule has 0 unspecified atom stereocenters. The van der Waals surface area contributed by atoms with E-state index in [0.29, 0.717) is 39.3 Å². The first-order valence-electron chi connectivity index (χ1n) is 14.4. The molecule has 0 spiro atoms. The molecule has 0 saturated carbocycles. The zero-order chi connectivity index (χ0) is 32.6. The van der Waals surface area contributed by atoms with Gasteiger partial charge in [-0.2, -0.15) is 0 Å². The SMILES string of the molecule is CCCNC(=O)[C@H](Cc1ccccc1)N(Cc1ccc(Cl)cc1Cl)C(=O)CN(c1cccc(C)c1)S(=O)(=O)c1ccc(Cl)cc1. The highest BCUT2D eigenvalue weighted by atomic mass is 35.5. The fourth-order valence-corrected chi connectivity index (χ4v) is 6.80. The summed E-state index contributed by atoms with van der Waals surface area (Å²) in [6.07, 6.45) is 0.892. The highest BCUT2D eigenvalue weighted by molar-refractivity contribution is 7.92. The van der Waals surface area contributed by atoms with Crippen molar-refractivity contribution in [2.45, 2.75) is 44.2 Å². The number of carbonyl (C=O) groups excluding carboxylic acids is 2. The first kappa shape index (κ1) is 34.3. The molecular formula is C34H34Cl3N3O4S. The molecule has 0 fully saturated rings. The van der Waals surface area contributed by atoms with Crippen molar-refractivity contribution >= 4 is 62.3 Å². The third-order valence-electron chi connectivity index (χ3n) is 7.15. The summed E-state index contributed by atoms with van der Waals surface area (Å²) in [6, 6.07) is 25.9. The third kappa shape index (κ3) is 9.01. The predicted octanol–water partition coefficient (Wildman–Crippen LogP) is 7.32. The van der Waals surface area contributed by atoms with E-state index in [2.05, 4.69) is 5.32 Å². The number of benzene rings is 4. The second kappa shape index (κ2) is 15.6. The second-order valence-electron chi connectivity index (χ2n) is 10.6. The number of nitrogens with one attached hydrogen (secondary N) is 1. The van der Waals surface area contributed by atoms with Crippen LogP contribution >= 0.6 is 34.8 Å². The first-order chi connectivity index (χ1) is 21.5. The van der Waals surface area contributed by atoms with Crippen LogP contribution in [-0.4, -0.2) is 44.3 Å². The Labute approximate surface area is 279 Å². The van der Waals surface area contributed by atoms with Crippen LogP contribution in [0.15, 0.2) is 102 Å². The zero-order valence-electron chi connectivity index (χ0n) is 24.9. The van der Waals surface area contributed by atoms with Crippen LogP contribution in [0.2, 0.25) is 15.1 Å². The van der Waals surface area contributed by atoms with Gasteiger partial charge in [0, 0.05) is 34.6 Å². The molecule has 4 rings (SSSR count). The van der Waals surface area contributed by atoms with Gasteiger partial charge in [-0.05, 0) is 78.6 Å². The Morgan fingerprint density at radius 1 is 0.844 bits per heavy atom. The number of hydrogen-bond donors (Lipinski definition) is 1. The van der Waals surface area contributed by atoms with Crippen LogP contribution in [0.5, 0.6) is 0 Å². The number of hydrogen-bond acceptors (Lipinski definition) is 4. The van der Waals surface area contributed by atoms with Gasteiger partial charge in [-0.15, -0.1) is 0 Å². The third-order valence-corrected chi connectivity index (χ3v) is 9.77. The van der Waals surface area contributed by atoms with E-state index in [1.807, 2.05) is 50.2 Å². The molecule has 0 bridgehead atoms. The summed E-state index contributed by atoms with van der Waals surface area (Å²) in [6.45, 7) is 3.54. The van der Waals surface area contributed by atoms with Crippen LogP contribution in [0.1, 0.15) is 30.0 Å². The number of sulfonamides is 1. The van der Waals surface area contributed by atoms with Crippen molar-refractivity contribution in [1.29, 1.82) is 0 Å². The van der Waals surface area contributed by atoms with Crippen molar-refractivity contribution in [3.05, 3.63) is 129 Å². The van der Waals surface area contributed by atoms with Crippen LogP contribution in [-0.2, 0) is 32.6 Å². The summed E-state index contributed by atoms with van der Waals surface area (Å²) < 4.78 is 29.3. The molecule has 1 atom stereocenters. The van der Waals surface area contributed by atoms with Gasteiger partial charge in [0.25, 0.3) is 10.0 Å². The van der Waals surface area contributed by atoms with Gasteiger partial charge in [0.2, 0.25) is 11.8 Å². The monoisotopic (exact) mass is 685 g/mol. The standard InChI is InChI=1S/C34H34Cl3N3O4S/c1-3-18-38-34(42)32(20-25-9-5-4-6-10-25)39(22-26-12-13-28(36)21-31(26)37)33(41)23-40(29-11-7-8-24(2)19-29)45(43,44)30-16-14-27(35)15-17-30/h4-17,19,21,32H,3,18,20,22-23H2,1-2H3,(H,38,42)/t32-/m0/s1. The maximum atomic E-state index is 14.5. The smallest absolute Gasteiger partial charge is 0.264 e. The van der Waals surface area contributed by atoms with E-state index < -0.39 is 28.5 Å². The van der Waals surface area contributed by atoms with Crippen molar-refractivity contribution in [2.75, 3.05) is 17.4 Å². The van der Waals surface area contributed by atoms with Gasteiger partial charge < -0.3 is 10.2 Å². The number of carbonyl (C=O) groups is 2. The summed E-state index contributed by atoms with van der Waals surface area (Å²) >= 11 is 18.7. The molecule has 1 N–H and O–H groups in total. The Balaban J connectivity index is 1.82. The highest BCUT2D eigenvalue weighted by Gasteiger charge is 2.35. The van der Waals surface area contributed by atoms with Crippen LogP contribution < -0.4 is 9.62 Å². The van der Waals surface area contributed by atoms with E-state index in [0.717, 1.165) is 15.4 Å². The van der Waals surface area contributed by atoms with E-state index >= 15 is 0 Å². The van der Waals surface area contributed by atoms with Crippen molar-refractivity contribution in [3.8, 4) is 0 Å². The Bertz CT molecular complexity index is 1740. The quantitative estimate of drug-likeness (QED) is 0.160. The highest BCUT2D eigenvalue weighted by Crippen LogP contribution is 2.28. The molecule has 0 aliphatic carbocycles. The largest absolute Gasteiger partial charge is 0.354 e. The Morgan fingerprint density at radius 2 is 1.53 bits per heavy atom. The first-order valence-corrected chi connectivity index (χ1v) is 17.0.